The molecule has 1 aromatic rings. The van der Waals surface area contributed by atoms with Gasteiger partial charge in [-0.25, -0.2) is 0 Å². The first-order valence-corrected chi connectivity index (χ1v) is 5.12. The Morgan fingerprint density at radius 1 is 1.53 bits per heavy atom. The maximum Gasteiger partial charge on any atom is 0.210 e. The lowest BCUT2D eigenvalue weighted by Crippen LogP contribution is -2.16. The molecule has 1 heterocycles. The van der Waals surface area contributed by atoms with E-state index in [1.54, 1.807) is 12.5 Å². The summed E-state index contributed by atoms with van der Waals surface area (Å²) in [6, 6.07) is 3.82. The number of rotatable bonds is 2. The lowest BCUT2D eigenvalue weighted by molar-refractivity contribution is 0.101. The van der Waals surface area contributed by atoms with Crippen molar-refractivity contribution in [2.75, 3.05) is 6.61 Å². The Hall–Kier alpha value is -1.64. The Morgan fingerprint density at radius 2 is 2.40 bits per heavy atom. The SMILES string of the molecule is CCO/C=C1\CCc2cccnc2C1=O. The molecule has 2 rings (SSSR count). The van der Waals surface area contributed by atoms with E-state index in [2.05, 4.69) is 4.98 Å². The fraction of sp³-hybridized carbons (Fsp3) is 0.333. The Kier molecular flexibility index (Phi) is 2.81. The molecule has 0 unspecified atom stereocenters. The molecule has 0 amide bonds. The van der Waals surface area contributed by atoms with E-state index in [4.69, 9.17) is 4.74 Å². The molecule has 0 bridgehead atoms. The van der Waals surface area contributed by atoms with E-state index in [0.29, 0.717) is 12.3 Å². The summed E-state index contributed by atoms with van der Waals surface area (Å²) < 4.78 is 5.15. The highest BCUT2D eigenvalue weighted by Gasteiger charge is 2.22. The maximum absolute atomic E-state index is 11.9. The van der Waals surface area contributed by atoms with Crippen molar-refractivity contribution in [3.8, 4) is 0 Å². The Labute approximate surface area is 88.8 Å². The van der Waals surface area contributed by atoms with Gasteiger partial charge in [0.15, 0.2) is 0 Å². The zero-order valence-corrected chi connectivity index (χ0v) is 8.69. The van der Waals surface area contributed by atoms with E-state index < -0.39 is 0 Å². The summed E-state index contributed by atoms with van der Waals surface area (Å²) in [6.45, 7) is 2.49. The molecule has 0 atom stereocenters. The van der Waals surface area contributed by atoms with E-state index in [9.17, 15) is 4.79 Å². The second-order valence-corrected chi connectivity index (χ2v) is 3.44. The number of carbonyl (C=O) groups is 1. The number of ketones is 1. The van der Waals surface area contributed by atoms with Crippen LogP contribution >= 0.6 is 0 Å². The highest BCUT2D eigenvalue weighted by Crippen LogP contribution is 2.22. The number of carbonyl (C=O) groups excluding carboxylic acids is 1. The number of ether oxygens (including phenoxy) is 1. The summed E-state index contributed by atoms with van der Waals surface area (Å²) in [5, 5.41) is 0. The van der Waals surface area contributed by atoms with E-state index >= 15 is 0 Å². The first-order valence-electron chi connectivity index (χ1n) is 5.12. The van der Waals surface area contributed by atoms with E-state index in [1.165, 1.54) is 0 Å². The Bertz CT molecular complexity index is 410. The number of aryl methyl sites for hydroxylation is 1. The maximum atomic E-state index is 11.9. The van der Waals surface area contributed by atoms with Crippen molar-refractivity contribution < 1.29 is 9.53 Å². The third-order valence-corrected chi connectivity index (χ3v) is 2.45. The van der Waals surface area contributed by atoms with E-state index in [0.717, 1.165) is 24.0 Å². The topological polar surface area (TPSA) is 39.2 Å². The normalized spacial score (nSPS) is 17.7. The minimum absolute atomic E-state index is 0.00491. The van der Waals surface area contributed by atoms with Crippen molar-refractivity contribution in [3.05, 3.63) is 41.4 Å². The average Bonchev–Trinajstić information content (AvgIpc) is 2.29. The molecule has 0 radical (unpaired) electrons. The molecule has 0 aliphatic heterocycles. The van der Waals surface area contributed by atoms with Crippen LogP contribution in [0.1, 0.15) is 29.4 Å². The zero-order valence-electron chi connectivity index (χ0n) is 8.69. The molecule has 1 aliphatic carbocycles. The van der Waals surface area contributed by atoms with Gasteiger partial charge in [0, 0.05) is 11.8 Å². The van der Waals surface area contributed by atoms with Gasteiger partial charge >= 0.3 is 0 Å². The Balaban J connectivity index is 2.30. The predicted octanol–water partition coefficient (Wildman–Crippen LogP) is 2.13. The predicted molar refractivity (Wildman–Crippen MR) is 56.6 cm³/mol. The van der Waals surface area contributed by atoms with Crippen LogP contribution in [-0.4, -0.2) is 17.4 Å². The second-order valence-electron chi connectivity index (χ2n) is 3.44. The molecule has 0 saturated carbocycles. The van der Waals surface area contributed by atoms with Crippen LogP contribution in [0.2, 0.25) is 0 Å². The number of allylic oxidation sites excluding steroid dienone is 1. The van der Waals surface area contributed by atoms with Gasteiger partial charge in [0.1, 0.15) is 5.69 Å². The molecule has 0 saturated heterocycles. The lowest BCUT2D eigenvalue weighted by Gasteiger charge is -2.15. The van der Waals surface area contributed by atoms with Crippen LogP contribution in [0, 0.1) is 0 Å². The van der Waals surface area contributed by atoms with E-state index in [1.807, 2.05) is 19.1 Å². The smallest absolute Gasteiger partial charge is 0.210 e. The van der Waals surface area contributed by atoms with Gasteiger partial charge in [0.05, 0.1) is 12.9 Å². The summed E-state index contributed by atoms with van der Waals surface area (Å²) in [7, 11) is 0. The van der Waals surface area contributed by atoms with Crippen LogP contribution in [0.3, 0.4) is 0 Å². The van der Waals surface area contributed by atoms with Crippen LogP contribution in [0.25, 0.3) is 0 Å². The number of pyridine rings is 1. The zero-order chi connectivity index (χ0) is 10.7. The molecule has 0 N–H and O–H groups in total. The fourth-order valence-electron chi connectivity index (χ4n) is 1.68. The minimum Gasteiger partial charge on any atom is -0.501 e. The molecule has 0 aromatic carbocycles. The first-order chi connectivity index (χ1) is 7.33. The quantitative estimate of drug-likeness (QED) is 0.546. The molecule has 3 heteroatoms. The summed E-state index contributed by atoms with van der Waals surface area (Å²) in [5.74, 6) is 0.00491. The van der Waals surface area contributed by atoms with E-state index in [-0.39, 0.29) is 5.78 Å². The highest BCUT2D eigenvalue weighted by molar-refractivity contribution is 6.09. The summed E-state index contributed by atoms with van der Waals surface area (Å²) in [5.41, 5.74) is 2.34. The Morgan fingerprint density at radius 3 is 3.20 bits per heavy atom. The van der Waals surface area contributed by atoms with Crippen LogP contribution < -0.4 is 0 Å². The number of fused-ring (bicyclic) bond motifs is 1. The summed E-state index contributed by atoms with van der Waals surface area (Å²) in [4.78, 5) is 16.0. The lowest BCUT2D eigenvalue weighted by atomic mass is 9.91. The van der Waals surface area contributed by atoms with Crippen molar-refractivity contribution >= 4 is 5.78 Å². The fourth-order valence-corrected chi connectivity index (χ4v) is 1.68. The minimum atomic E-state index is 0.00491. The molecule has 3 nitrogen and oxygen atoms in total. The molecule has 15 heavy (non-hydrogen) atoms. The molecule has 0 spiro atoms. The number of Topliss-reactive ketones (excluding diaryl/α,β-unsaturated/α-hetero) is 1. The molecule has 1 aromatic heterocycles. The molecule has 1 aliphatic rings. The summed E-state index contributed by atoms with van der Waals surface area (Å²) >= 11 is 0. The van der Waals surface area contributed by atoms with Crippen molar-refractivity contribution in [1.29, 1.82) is 0 Å². The summed E-state index contributed by atoms with van der Waals surface area (Å²) in [6.07, 6.45) is 4.84. The number of aromatic nitrogens is 1. The standard InChI is InChI=1S/C12H13NO2/c1-2-15-8-10-6-5-9-4-3-7-13-11(9)12(10)14/h3-4,7-8H,2,5-6H2,1H3/b10-8+. The van der Waals surface area contributed by atoms with Crippen LogP contribution in [0.15, 0.2) is 30.2 Å². The number of hydrogen-bond acceptors (Lipinski definition) is 3. The van der Waals surface area contributed by atoms with Gasteiger partial charge in [-0.05, 0) is 31.4 Å². The van der Waals surface area contributed by atoms with Crippen molar-refractivity contribution in [2.24, 2.45) is 0 Å². The average molecular weight is 203 g/mol. The van der Waals surface area contributed by atoms with Crippen LogP contribution in [0.4, 0.5) is 0 Å². The second kappa shape index (κ2) is 4.26. The van der Waals surface area contributed by atoms with Crippen molar-refractivity contribution in [2.45, 2.75) is 19.8 Å². The third-order valence-electron chi connectivity index (χ3n) is 2.45. The van der Waals surface area contributed by atoms with Crippen LogP contribution in [0.5, 0.6) is 0 Å². The van der Waals surface area contributed by atoms with Gasteiger partial charge in [-0.2, -0.15) is 0 Å². The molecular formula is C12H13NO2. The van der Waals surface area contributed by atoms with Crippen LogP contribution in [-0.2, 0) is 11.2 Å². The van der Waals surface area contributed by atoms with Gasteiger partial charge in [0.2, 0.25) is 5.78 Å². The van der Waals surface area contributed by atoms with Gasteiger partial charge in [-0.15, -0.1) is 0 Å². The van der Waals surface area contributed by atoms with Gasteiger partial charge in [-0.1, -0.05) is 6.07 Å². The highest BCUT2D eigenvalue weighted by atomic mass is 16.5. The van der Waals surface area contributed by atoms with Crippen molar-refractivity contribution in [1.82, 2.24) is 4.98 Å². The monoisotopic (exact) mass is 203 g/mol. The number of nitrogens with zero attached hydrogens (tertiary/aromatic N) is 1. The van der Waals surface area contributed by atoms with Gasteiger partial charge < -0.3 is 4.74 Å². The number of hydrogen-bond donors (Lipinski definition) is 0. The first kappa shape index (κ1) is 9.90. The molecule has 0 fully saturated rings. The van der Waals surface area contributed by atoms with Gasteiger partial charge in [0.25, 0.3) is 0 Å². The van der Waals surface area contributed by atoms with Gasteiger partial charge in [-0.3, -0.25) is 9.78 Å². The third kappa shape index (κ3) is 1.91. The molecule has 78 valence electrons. The largest absolute Gasteiger partial charge is 0.501 e. The molecular weight excluding hydrogens is 190 g/mol. The van der Waals surface area contributed by atoms with Crippen molar-refractivity contribution in [3.63, 3.8) is 0 Å².